The Bertz CT molecular complexity index is 853. The summed E-state index contributed by atoms with van der Waals surface area (Å²) < 4.78 is 22.8. The SMILES string of the molecule is C#C[C@](C)(C[C@H]1C[C@@H]([C@H]2C=C3OCOC3=CC2)CN1CC(=O)N(CCCC)CCCO)C1OCCO1. The van der Waals surface area contributed by atoms with Crippen molar-refractivity contribution in [3.63, 3.8) is 0 Å². The Morgan fingerprint density at radius 2 is 2.00 bits per heavy atom. The highest BCUT2D eigenvalue weighted by atomic mass is 16.7. The highest BCUT2D eigenvalue weighted by Gasteiger charge is 2.45. The van der Waals surface area contributed by atoms with Crippen LogP contribution in [0.25, 0.3) is 0 Å². The van der Waals surface area contributed by atoms with Crippen LogP contribution < -0.4 is 0 Å². The molecule has 4 atom stereocenters. The van der Waals surface area contributed by atoms with Gasteiger partial charge in [-0.05, 0) is 63.0 Å². The topological polar surface area (TPSA) is 80.7 Å². The van der Waals surface area contributed by atoms with E-state index < -0.39 is 11.7 Å². The molecule has 0 unspecified atom stereocenters. The van der Waals surface area contributed by atoms with Gasteiger partial charge in [0, 0.05) is 32.3 Å². The largest absolute Gasteiger partial charge is 0.454 e. The van der Waals surface area contributed by atoms with Gasteiger partial charge in [-0.3, -0.25) is 9.69 Å². The van der Waals surface area contributed by atoms with Gasteiger partial charge in [-0.25, -0.2) is 0 Å². The summed E-state index contributed by atoms with van der Waals surface area (Å²) in [5, 5.41) is 9.33. The molecule has 0 aromatic heterocycles. The van der Waals surface area contributed by atoms with Gasteiger partial charge in [0.25, 0.3) is 0 Å². The van der Waals surface area contributed by atoms with E-state index in [-0.39, 0.29) is 25.3 Å². The first-order valence-corrected chi connectivity index (χ1v) is 13.5. The van der Waals surface area contributed by atoms with E-state index >= 15 is 0 Å². The zero-order valence-electron chi connectivity index (χ0n) is 21.8. The number of ether oxygens (including phenoxy) is 4. The fourth-order valence-corrected chi connectivity index (χ4v) is 5.85. The zero-order chi connectivity index (χ0) is 25.5. The van der Waals surface area contributed by atoms with Crippen LogP contribution in [0.5, 0.6) is 0 Å². The first kappa shape index (κ1) is 27.0. The number of terminal acetylenes is 1. The van der Waals surface area contributed by atoms with E-state index in [0.717, 1.165) is 50.3 Å². The van der Waals surface area contributed by atoms with Gasteiger partial charge in [0.15, 0.2) is 17.8 Å². The summed E-state index contributed by atoms with van der Waals surface area (Å²) in [6.07, 6.45) is 15.1. The molecule has 4 rings (SSSR count). The lowest BCUT2D eigenvalue weighted by atomic mass is 9.79. The molecule has 36 heavy (non-hydrogen) atoms. The number of unbranched alkanes of at least 4 members (excludes halogenated alkanes) is 1. The summed E-state index contributed by atoms with van der Waals surface area (Å²) in [7, 11) is 0. The molecule has 1 N–H and O–H groups in total. The number of amides is 1. The second-order valence-corrected chi connectivity index (χ2v) is 10.6. The number of fused-ring (bicyclic) bond motifs is 1. The van der Waals surface area contributed by atoms with Crippen molar-refractivity contribution in [2.24, 2.45) is 17.3 Å². The zero-order valence-corrected chi connectivity index (χ0v) is 21.8. The molecule has 0 aromatic carbocycles. The average molecular weight is 503 g/mol. The minimum atomic E-state index is -0.573. The van der Waals surface area contributed by atoms with Crippen LogP contribution in [0, 0.1) is 29.6 Å². The number of carbonyl (C=O) groups is 1. The molecule has 0 aromatic rings. The lowest BCUT2D eigenvalue weighted by Crippen LogP contribution is -2.45. The molecule has 0 spiro atoms. The van der Waals surface area contributed by atoms with Crippen LogP contribution in [-0.2, 0) is 23.7 Å². The Kier molecular flexibility index (Phi) is 9.35. The summed E-state index contributed by atoms with van der Waals surface area (Å²) in [6.45, 7) is 8.13. The number of aliphatic hydroxyl groups is 1. The fraction of sp³-hybridized carbons (Fsp3) is 0.750. The van der Waals surface area contributed by atoms with Crippen LogP contribution in [-0.4, -0.2) is 85.9 Å². The van der Waals surface area contributed by atoms with Gasteiger partial charge in [-0.1, -0.05) is 19.3 Å². The van der Waals surface area contributed by atoms with Crippen molar-refractivity contribution in [3.8, 4) is 12.3 Å². The van der Waals surface area contributed by atoms with Crippen molar-refractivity contribution in [1.29, 1.82) is 0 Å². The maximum atomic E-state index is 13.4. The Morgan fingerprint density at radius 3 is 2.72 bits per heavy atom. The van der Waals surface area contributed by atoms with E-state index in [4.69, 9.17) is 25.4 Å². The number of rotatable bonds is 12. The fourth-order valence-electron chi connectivity index (χ4n) is 5.85. The van der Waals surface area contributed by atoms with Crippen molar-refractivity contribution < 1.29 is 28.8 Å². The van der Waals surface area contributed by atoms with Crippen LogP contribution in [0.3, 0.4) is 0 Å². The standard InChI is InChI=1S/C28H42N2O6/c1-4-6-10-29(11-7-12-31)26(32)19-30-18-22(21-8-9-24-25(16-21)36-20-35-24)15-23(30)17-28(3,5-2)27-33-13-14-34-27/h2,9,16,21-23,27,31H,4,6-8,10-15,17-20H2,1,3H3/t21-,22-,23-,28-/m1/s1. The third-order valence-electron chi connectivity index (χ3n) is 7.97. The van der Waals surface area contributed by atoms with Crippen molar-refractivity contribution in [1.82, 2.24) is 9.80 Å². The first-order chi connectivity index (χ1) is 17.5. The average Bonchev–Trinajstić information content (AvgIpc) is 3.65. The molecule has 3 heterocycles. The summed E-state index contributed by atoms with van der Waals surface area (Å²) in [5.41, 5.74) is -0.573. The van der Waals surface area contributed by atoms with Crippen molar-refractivity contribution in [3.05, 3.63) is 23.7 Å². The summed E-state index contributed by atoms with van der Waals surface area (Å²) >= 11 is 0. The van der Waals surface area contributed by atoms with E-state index in [0.29, 0.717) is 51.0 Å². The van der Waals surface area contributed by atoms with Gasteiger partial charge in [0.1, 0.15) is 0 Å². The van der Waals surface area contributed by atoms with Gasteiger partial charge in [-0.15, -0.1) is 6.42 Å². The number of aliphatic hydroxyl groups excluding tert-OH is 1. The molecule has 8 nitrogen and oxygen atoms in total. The smallest absolute Gasteiger partial charge is 0.236 e. The Labute approximate surface area is 215 Å². The van der Waals surface area contributed by atoms with Crippen LogP contribution in [0.15, 0.2) is 23.7 Å². The predicted molar refractivity (Wildman–Crippen MR) is 135 cm³/mol. The van der Waals surface area contributed by atoms with E-state index in [1.807, 2.05) is 11.8 Å². The maximum Gasteiger partial charge on any atom is 0.236 e. The number of likely N-dealkylation sites (tertiary alicyclic amines) is 1. The van der Waals surface area contributed by atoms with Crippen LogP contribution in [0.4, 0.5) is 0 Å². The predicted octanol–water partition coefficient (Wildman–Crippen LogP) is 2.88. The molecule has 1 aliphatic carbocycles. The molecular weight excluding hydrogens is 460 g/mol. The molecule has 0 saturated carbocycles. The van der Waals surface area contributed by atoms with E-state index in [1.165, 1.54) is 0 Å². The molecule has 4 aliphatic rings. The van der Waals surface area contributed by atoms with Crippen molar-refractivity contribution >= 4 is 5.91 Å². The number of nitrogens with zero attached hydrogens (tertiary/aromatic N) is 2. The monoisotopic (exact) mass is 502 g/mol. The Hall–Kier alpha value is -2.05. The van der Waals surface area contributed by atoms with Gasteiger partial charge >= 0.3 is 0 Å². The minimum Gasteiger partial charge on any atom is -0.454 e. The third kappa shape index (κ3) is 6.25. The van der Waals surface area contributed by atoms with Gasteiger partial charge in [0.05, 0.1) is 25.2 Å². The van der Waals surface area contributed by atoms with E-state index in [9.17, 15) is 9.90 Å². The molecule has 200 valence electrons. The Balaban J connectivity index is 1.49. The number of carbonyl (C=O) groups excluding carboxylic acids is 1. The molecule has 1 amide bonds. The molecule has 8 heteroatoms. The summed E-state index contributed by atoms with van der Waals surface area (Å²) in [4.78, 5) is 17.7. The number of hydrogen-bond donors (Lipinski definition) is 1. The molecule has 3 aliphatic heterocycles. The molecule has 0 radical (unpaired) electrons. The molecule has 3 saturated heterocycles. The minimum absolute atomic E-state index is 0.0872. The normalized spacial score (nSPS) is 27.9. The van der Waals surface area contributed by atoms with Crippen molar-refractivity contribution in [2.45, 2.75) is 64.7 Å². The van der Waals surface area contributed by atoms with E-state index in [1.54, 1.807) is 0 Å². The highest BCUT2D eigenvalue weighted by Crippen LogP contribution is 2.42. The lowest BCUT2D eigenvalue weighted by molar-refractivity contribution is -0.133. The second kappa shape index (κ2) is 12.5. The maximum absolute atomic E-state index is 13.4. The lowest BCUT2D eigenvalue weighted by Gasteiger charge is -2.35. The molecule has 0 bridgehead atoms. The van der Waals surface area contributed by atoms with Gasteiger partial charge < -0.3 is 29.0 Å². The quantitative estimate of drug-likeness (QED) is 0.411. The van der Waals surface area contributed by atoms with Crippen LogP contribution in [0.2, 0.25) is 0 Å². The van der Waals surface area contributed by atoms with Crippen LogP contribution >= 0.6 is 0 Å². The first-order valence-electron chi connectivity index (χ1n) is 13.5. The van der Waals surface area contributed by atoms with Crippen LogP contribution in [0.1, 0.15) is 52.4 Å². The number of hydrogen-bond acceptors (Lipinski definition) is 7. The molecular formula is C28H42N2O6. The third-order valence-corrected chi connectivity index (χ3v) is 7.97. The van der Waals surface area contributed by atoms with Crippen molar-refractivity contribution in [2.75, 3.05) is 52.8 Å². The summed E-state index contributed by atoms with van der Waals surface area (Å²) in [6, 6.07) is 0.142. The van der Waals surface area contributed by atoms with E-state index in [2.05, 4.69) is 29.9 Å². The van der Waals surface area contributed by atoms with Gasteiger partial charge in [-0.2, -0.15) is 0 Å². The Morgan fingerprint density at radius 1 is 1.25 bits per heavy atom. The molecule has 3 fully saturated rings. The second-order valence-electron chi connectivity index (χ2n) is 10.6. The highest BCUT2D eigenvalue weighted by molar-refractivity contribution is 5.78. The number of allylic oxidation sites excluding steroid dienone is 2. The summed E-state index contributed by atoms with van der Waals surface area (Å²) in [5.74, 6) is 5.48. The van der Waals surface area contributed by atoms with Gasteiger partial charge in [0.2, 0.25) is 12.7 Å².